The third kappa shape index (κ3) is 7.80. The van der Waals surface area contributed by atoms with E-state index in [0.29, 0.717) is 12.5 Å². The van der Waals surface area contributed by atoms with Crippen LogP contribution in [0.3, 0.4) is 0 Å². The Labute approximate surface area is 86.5 Å². The first-order valence-electron chi connectivity index (χ1n) is 5.03. The van der Waals surface area contributed by atoms with Gasteiger partial charge in [0.25, 0.3) is 0 Å². The first-order valence-corrected chi connectivity index (χ1v) is 5.03. The molecule has 2 N–H and O–H groups in total. The Hall–Kier alpha value is -0.830. The van der Waals surface area contributed by atoms with Crippen LogP contribution in [0.25, 0.3) is 0 Å². The van der Waals surface area contributed by atoms with Gasteiger partial charge in [-0.3, -0.25) is 0 Å². The molecule has 0 aliphatic carbocycles. The molecule has 3 heteroatoms. The predicted molar refractivity (Wildman–Crippen MR) is 58.1 cm³/mol. The van der Waals surface area contributed by atoms with Crippen molar-refractivity contribution in [1.82, 2.24) is 0 Å². The maximum Gasteiger partial charge on any atom is 0.330 e. The summed E-state index contributed by atoms with van der Waals surface area (Å²) < 4.78 is 4.98. The lowest BCUT2D eigenvalue weighted by Gasteiger charge is -2.13. The average Bonchev–Trinajstić information content (AvgIpc) is 2.17. The zero-order chi connectivity index (χ0) is 10.1. The highest BCUT2D eigenvalue weighted by Gasteiger charge is 2.07. The summed E-state index contributed by atoms with van der Waals surface area (Å²) in [6, 6.07) is 0. The molecule has 0 aliphatic heterocycles. The molecule has 0 amide bonds. The van der Waals surface area contributed by atoms with E-state index >= 15 is 0 Å². The molecule has 0 aliphatic rings. The molecule has 0 saturated heterocycles. The van der Waals surface area contributed by atoms with E-state index in [1.807, 2.05) is 0 Å². The van der Waals surface area contributed by atoms with Gasteiger partial charge in [0.05, 0.1) is 6.61 Å². The lowest BCUT2D eigenvalue weighted by molar-refractivity contribution is -0.139. The lowest BCUT2D eigenvalue weighted by Crippen LogP contribution is -2.12. The van der Waals surface area contributed by atoms with E-state index in [2.05, 4.69) is 20.4 Å². The first-order chi connectivity index (χ1) is 6.24. The highest BCUT2D eigenvalue weighted by atomic mass is 16.5. The van der Waals surface area contributed by atoms with E-state index in [-0.39, 0.29) is 11.4 Å². The van der Waals surface area contributed by atoms with Crippen molar-refractivity contribution in [3.05, 3.63) is 12.7 Å². The van der Waals surface area contributed by atoms with Crippen LogP contribution in [0.15, 0.2) is 12.7 Å². The number of carbonyl (C=O) groups is 1. The maximum absolute atomic E-state index is 10.8. The van der Waals surface area contributed by atoms with Crippen molar-refractivity contribution in [2.75, 3.05) is 6.61 Å². The molecule has 0 saturated carbocycles. The van der Waals surface area contributed by atoms with Crippen molar-refractivity contribution in [3.63, 3.8) is 0 Å². The molecular weight excluding hydrogens is 180 g/mol. The molecule has 0 bridgehead atoms. The summed E-state index contributed by atoms with van der Waals surface area (Å²) in [6.07, 6.45) is 5.85. The van der Waals surface area contributed by atoms with Gasteiger partial charge in [0.1, 0.15) is 0 Å². The van der Waals surface area contributed by atoms with Gasteiger partial charge in [-0.25, -0.2) is 4.79 Å². The van der Waals surface area contributed by atoms with Crippen LogP contribution in [-0.4, -0.2) is 18.1 Å². The van der Waals surface area contributed by atoms with E-state index in [4.69, 9.17) is 4.74 Å². The molecule has 1 unspecified atom stereocenters. The number of ether oxygens (including phenoxy) is 1. The van der Waals surface area contributed by atoms with Gasteiger partial charge in [0, 0.05) is 6.08 Å². The van der Waals surface area contributed by atoms with Crippen molar-refractivity contribution < 1.29 is 15.0 Å². The summed E-state index contributed by atoms with van der Waals surface area (Å²) in [5.74, 6) is 0.207. The number of unbranched alkanes of at least 4 members (excludes halogenated alkanes) is 1. The molecule has 0 fully saturated rings. The number of hydrogen-bond donors (Lipinski definition) is 0. The van der Waals surface area contributed by atoms with E-state index in [1.165, 1.54) is 18.9 Å². The van der Waals surface area contributed by atoms with E-state index in [1.54, 1.807) is 0 Å². The van der Waals surface area contributed by atoms with E-state index in [0.717, 1.165) is 12.8 Å². The second-order valence-corrected chi connectivity index (χ2v) is 3.25. The van der Waals surface area contributed by atoms with Crippen molar-refractivity contribution >= 4 is 5.97 Å². The van der Waals surface area contributed by atoms with Crippen LogP contribution < -0.4 is 0 Å². The van der Waals surface area contributed by atoms with Gasteiger partial charge in [0.15, 0.2) is 0 Å². The summed E-state index contributed by atoms with van der Waals surface area (Å²) in [5.41, 5.74) is 0. The molecule has 0 spiro atoms. The lowest BCUT2D eigenvalue weighted by atomic mass is 10.0. The van der Waals surface area contributed by atoms with Crippen LogP contribution >= 0.6 is 0 Å². The number of carbonyl (C=O) groups excluding carboxylic acids is 1. The Balaban J connectivity index is 0. The molecule has 0 aromatic rings. The molecule has 14 heavy (non-hydrogen) atoms. The van der Waals surface area contributed by atoms with Crippen molar-refractivity contribution in [1.29, 1.82) is 0 Å². The summed E-state index contributed by atoms with van der Waals surface area (Å²) in [4.78, 5) is 10.8. The summed E-state index contributed by atoms with van der Waals surface area (Å²) in [6.45, 7) is 8.19. The van der Waals surface area contributed by atoms with Gasteiger partial charge in [-0.05, 0) is 12.3 Å². The highest BCUT2D eigenvalue weighted by molar-refractivity contribution is 5.81. The third-order valence-corrected chi connectivity index (χ3v) is 2.17. The largest absolute Gasteiger partial charge is 0.462 e. The Morgan fingerprint density at radius 3 is 2.57 bits per heavy atom. The highest BCUT2D eigenvalue weighted by Crippen LogP contribution is 2.12. The van der Waals surface area contributed by atoms with Gasteiger partial charge in [-0.2, -0.15) is 0 Å². The average molecular weight is 202 g/mol. The molecule has 0 aromatic carbocycles. The predicted octanol–water partition coefficient (Wildman–Crippen LogP) is 2.11. The monoisotopic (exact) mass is 202 g/mol. The smallest absolute Gasteiger partial charge is 0.330 e. The van der Waals surface area contributed by atoms with Gasteiger partial charge in [-0.15, -0.1) is 0 Å². The Kier molecular flexibility index (Phi) is 11.4. The van der Waals surface area contributed by atoms with Crippen molar-refractivity contribution in [2.24, 2.45) is 5.92 Å². The van der Waals surface area contributed by atoms with Gasteiger partial charge in [0.2, 0.25) is 0 Å². The molecule has 0 rings (SSSR count). The van der Waals surface area contributed by atoms with Crippen molar-refractivity contribution in [3.8, 4) is 0 Å². The van der Waals surface area contributed by atoms with Crippen LogP contribution in [-0.2, 0) is 9.53 Å². The van der Waals surface area contributed by atoms with Gasteiger partial charge in [-0.1, -0.05) is 39.7 Å². The Morgan fingerprint density at radius 2 is 2.14 bits per heavy atom. The second kappa shape index (κ2) is 10.3. The minimum atomic E-state index is -0.310. The topological polar surface area (TPSA) is 57.8 Å². The molecule has 84 valence electrons. The summed E-state index contributed by atoms with van der Waals surface area (Å²) in [5, 5.41) is 0. The molecule has 0 aromatic heterocycles. The molecule has 1 atom stereocenters. The van der Waals surface area contributed by atoms with Gasteiger partial charge < -0.3 is 10.2 Å². The van der Waals surface area contributed by atoms with Crippen LogP contribution in [0.1, 0.15) is 39.5 Å². The second-order valence-electron chi connectivity index (χ2n) is 3.25. The van der Waals surface area contributed by atoms with Crippen LogP contribution in [0, 0.1) is 5.92 Å². The first kappa shape index (κ1) is 15.6. The minimum absolute atomic E-state index is 0. The fourth-order valence-electron chi connectivity index (χ4n) is 1.16. The molecule has 0 heterocycles. The molecule has 3 nitrogen and oxygen atoms in total. The van der Waals surface area contributed by atoms with Crippen LogP contribution in [0.5, 0.6) is 0 Å². The van der Waals surface area contributed by atoms with Crippen LogP contribution in [0.2, 0.25) is 0 Å². The fourth-order valence-corrected chi connectivity index (χ4v) is 1.16. The SMILES string of the molecule is C=CC(=O)OCC(CC)CCCC.O. The standard InChI is InChI=1S/C11H20O2.H2O/c1-4-7-8-10(5-2)9-13-11(12)6-3;/h6,10H,3-5,7-9H2,1-2H3;1H2. The number of esters is 1. The zero-order valence-corrected chi connectivity index (χ0v) is 9.21. The zero-order valence-electron chi connectivity index (χ0n) is 9.21. The normalized spacial score (nSPS) is 11.3. The number of rotatable bonds is 7. The minimum Gasteiger partial charge on any atom is -0.462 e. The fraction of sp³-hybridized carbons (Fsp3) is 0.727. The third-order valence-electron chi connectivity index (χ3n) is 2.17. The van der Waals surface area contributed by atoms with Crippen molar-refractivity contribution in [2.45, 2.75) is 39.5 Å². The van der Waals surface area contributed by atoms with E-state index < -0.39 is 0 Å². The Bertz CT molecular complexity index is 155. The van der Waals surface area contributed by atoms with E-state index in [9.17, 15) is 4.79 Å². The van der Waals surface area contributed by atoms with Crippen LogP contribution in [0.4, 0.5) is 0 Å². The quantitative estimate of drug-likeness (QED) is 0.469. The Morgan fingerprint density at radius 1 is 1.50 bits per heavy atom. The maximum atomic E-state index is 10.8. The summed E-state index contributed by atoms with van der Waals surface area (Å²) in [7, 11) is 0. The molecule has 0 radical (unpaired) electrons. The van der Waals surface area contributed by atoms with Gasteiger partial charge >= 0.3 is 5.97 Å². The summed E-state index contributed by atoms with van der Waals surface area (Å²) >= 11 is 0. The molecular formula is C11H22O3. The number of hydrogen-bond acceptors (Lipinski definition) is 2.